The second kappa shape index (κ2) is 5.51. The first kappa shape index (κ1) is 14.3. The van der Waals surface area contributed by atoms with Crippen molar-refractivity contribution in [3.8, 4) is 6.07 Å². The Hall–Kier alpha value is -2.07. The van der Waals surface area contributed by atoms with Gasteiger partial charge in [0, 0.05) is 33.8 Å². The van der Waals surface area contributed by atoms with E-state index < -0.39 is 11.2 Å². The third-order valence-electron chi connectivity index (χ3n) is 3.92. The number of rotatable bonds is 2. The molecule has 1 fully saturated rings. The van der Waals surface area contributed by atoms with Gasteiger partial charge in [0.05, 0.1) is 0 Å². The SMILES string of the molecule is Cn1c(N2CCC(CO)CC2)c(C#N)c(=O)n(C)c1=O. The molecule has 1 aliphatic rings. The molecule has 1 saturated heterocycles. The molecule has 7 heteroatoms. The molecular formula is C13H18N4O3. The summed E-state index contributed by atoms with van der Waals surface area (Å²) in [5.41, 5.74) is -1.000. The molecule has 0 atom stereocenters. The van der Waals surface area contributed by atoms with Gasteiger partial charge in [-0.3, -0.25) is 13.9 Å². The summed E-state index contributed by atoms with van der Waals surface area (Å²) in [5, 5.41) is 18.4. The van der Waals surface area contributed by atoms with Crippen LogP contribution in [0, 0.1) is 17.2 Å². The maximum atomic E-state index is 12.0. The van der Waals surface area contributed by atoms with E-state index >= 15 is 0 Å². The molecule has 1 N–H and O–H groups in total. The number of aliphatic hydroxyl groups is 1. The van der Waals surface area contributed by atoms with Crippen molar-refractivity contribution < 1.29 is 5.11 Å². The Morgan fingerprint density at radius 1 is 1.25 bits per heavy atom. The van der Waals surface area contributed by atoms with Gasteiger partial charge in [0.1, 0.15) is 11.9 Å². The lowest BCUT2D eigenvalue weighted by Gasteiger charge is -2.34. The van der Waals surface area contributed by atoms with Crippen molar-refractivity contribution in [3.63, 3.8) is 0 Å². The van der Waals surface area contributed by atoms with E-state index in [1.807, 2.05) is 11.0 Å². The van der Waals surface area contributed by atoms with E-state index in [1.54, 1.807) is 7.05 Å². The molecular weight excluding hydrogens is 260 g/mol. The van der Waals surface area contributed by atoms with Crippen LogP contribution in [0.1, 0.15) is 18.4 Å². The largest absolute Gasteiger partial charge is 0.396 e. The molecule has 108 valence electrons. The van der Waals surface area contributed by atoms with Crippen LogP contribution in [0.5, 0.6) is 0 Å². The molecule has 2 heterocycles. The van der Waals surface area contributed by atoms with Crippen LogP contribution in [0.2, 0.25) is 0 Å². The predicted octanol–water partition coefficient (Wildman–Crippen LogP) is -0.836. The van der Waals surface area contributed by atoms with Gasteiger partial charge in [-0.25, -0.2) is 4.79 Å². The molecule has 1 aromatic heterocycles. The molecule has 1 aliphatic heterocycles. The van der Waals surface area contributed by atoms with Gasteiger partial charge in [0.2, 0.25) is 0 Å². The van der Waals surface area contributed by atoms with Crippen molar-refractivity contribution in [2.75, 3.05) is 24.6 Å². The first-order valence-corrected chi connectivity index (χ1v) is 6.57. The maximum Gasteiger partial charge on any atom is 0.332 e. The number of aromatic nitrogens is 2. The Balaban J connectivity index is 2.50. The second-order valence-corrected chi connectivity index (χ2v) is 5.13. The van der Waals surface area contributed by atoms with Crippen molar-refractivity contribution in [2.45, 2.75) is 12.8 Å². The maximum absolute atomic E-state index is 12.0. The van der Waals surface area contributed by atoms with Crippen LogP contribution in [-0.2, 0) is 14.1 Å². The molecule has 0 amide bonds. The quantitative estimate of drug-likeness (QED) is 0.762. The van der Waals surface area contributed by atoms with E-state index in [9.17, 15) is 14.9 Å². The molecule has 0 bridgehead atoms. The summed E-state index contributed by atoms with van der Waals surface area (Å²) in [4.78, 5) is 25.9. The van der Waals surface area contributed by atoms with Crippen LogP contribution in [0.3, 0.4) is 0 Å². The number of hydrogen-bond acceptors (Lipinski definition) is 5. The van der Waals surface area contributed by atoms with Crippen molar-refractivity contribution in [1.82, 2.24) is 9.13 Å². The zero-order valence-electron chi connectivity index (χ0n) is 11.7. The van der Waals surface area contributed by atoms with Crippen molar-refractivity contribution >= 4 is 5.82 Å². The first-order chi connectivity index (χ1) is 9.51. The minimum atomic E-state index is -0.560. The lowest BCUT2D eigenvalue weighted by atomic mass is 9.97. The Kier molecular flexibility index (Phi) is 3.95. The van der Waals surface area contributed by atoms with E-state index in [0.29, 0.717) is 18.9 Å². The van der Waals surface area contributed by atoms with E-state index in [0.717, 1.165) is 17.4 Å². The van der Waals surface area contributed by atoms with Gasteiger partial charge < -0.3 is 10.0 Å². The lowest BCUT2D eigenvalue weighted by molar-refractivity contribution is 0.202. The highest BCUT2D eigenvalue weighted by Gasteiger charge is 2.25. The summed E-state index contributed by atoms with van der Waals surface area (Å²) in [5.74, 6) is 0.636. The van der Waals surface area contributed by atoms with Crippen LogP contribution in [-0.4, -0.2) is 33.9 Å². The molecule has 20 heavy (non-hydrogen) atoms. The number of aliphatic hydroxyl groups excluding tert-OH is 1. The standard InChI is InChI=1S/C13H18N4O3/c1-15-11(17-5-3-9(8-18)4-6-17)10(7-14)12(19)16(2)13(15)20/h9,18H,3-6,8H2,1-2H3. The highest BCUT2D eigenvalue weighted by atomic mass is 16.3. The van der Waals surface area contributed by atoms with Gasteiger partial charge >= 0.3 is 5.69 Å². The molecule has 7 nitrogen and oxygen atoms in total. The van der Waals surface area contributed by atoms with E-state index in [-0.39, 0.29) is 18.1 Å². The number of piperidine rings is 1. The Morgan fingerprint density at radius 3 is 2.35 bits per heavy atom. The molecule has 0 spiro atoms. The van der Waals surface area contributed by atoms with Crippen LogP contribution in [0.25, 0.3) is 0 Å². The fraction of sp³-hybridized carbons (Fsp3) is 0.615. The van der Waals surface area contributed by atoms with Gasteiger partial charge in [-0.15, -0.1) is 0 Å². The smallest absolute Gasteiger partial charge is 0.332 e. The summed E-state index contributed by atoms with van der Waals surface area (Å²) >= 11 is 0. The summed E-state index contributed by atoms with van der Waals surface area (Å²) < 4.78 is 2.29. The summed E-state index contributed by atoms with van der Waals surface area (Å²) in [7, 11) is 2.93. The topological polar surface area (TPSA) is 91.3 Å². The normalized spacial score (nSPS) is 16.2. The molecule has 1 aromatic rings. The molecule has 0 aliphatic carbocycles. The molecule has 2 rings (SSSR count). The zero-order chi connectivity index (χ0) is 14.9. The Morgan fingerprint density at radius 2 is 1.85 bits per heavy atom. The van der Waals surface area contributed by atoms with Gasteiger partial charge in [-0.2, -0.15) is 5.26 Å². The highest BCUT2D eigenvalue weighted by Crippen LogP contribution is 2.23. The van der Waals surface area contributed by atoms with Gasteiger partial charge in [0.15, 0.2) is 5.56 Å². The zero-order valence-corrected chi connectivity index (χ0v) is 11.7. The van der Waals surface area contributed by atoms with Crippen LogP contribution in [0.15, 0.2) is 9.59 Å². The number of nitriles is 1. The Bertz CT molecular complexity index is 660. The van der Waals surface area contributed by atoms with Crippen LogP contribution in [0.4, 0.5) is 5.82 Å². The second-order valence-electron chi connectivity index (χ2n) is 5.13. The van der Waals surface area contributed by atoms with Gasteiger partial charge in [-0.05, 0) is 18.8 Å². The van der Waals surface area contributed by atoms with E-state index in [1.165, 1.54) is 11.6 Å². The van der Waals surface area contributed by atoms with Gasteiger partial charge in [-0.1, -0.05) is 0 Å². The fourth-order valence-corrected chi connectivity index (χ4v) is 2.63. The molecule has 0 saturated carbocycles. The van der Waals surface area contributed by atoms with Crippen molar-refractivity contribution in [3.05, 3.63) is 26.4 Å². The monoisotopic (exact) mass is 278 g/mol. The Labute approximate surface area is 116 Å². The number of anilines is 1. The number of hydrogen-bond donors (Lipinski definition) is 1. The van der Waals surface area contributed by atoms with Crippen LogP contribution < -0.4 is 16.1 Å². The lowest BCUT2D eigenvalue weighted by Crippen LogP contribution is -2.45. The third kappa shape index (κ3) is 2.23. The van der Waals surface area contributed by atoms with Crippen LogP contribution >= 0.6 is 0 Å². The van der Waals surface area contributed by atoms with Gasteiger partial charge in [0.25, 0.3) is 5.56 Å². The summed E-state index contributed by atoms with van der Waals surface area (Å²) in [6.07, 6.45) is 1.57. The first-order valence-electron chi connectivity index (χ1n) is 6.57. The predicted molar refractivity (Wildman–Crippen MR) is 73.7 cm³/mol. The molecule has 0 unspecified atom stereocenters. The van der Waals surface area contributed by atoms with E-state index in [4.69, 9.17) is 5.11 Å². The fourth-order valence-electron chi connectivity index (χ4n) is 2.63. The highest BCUT2D eigenvalue weighted by molar-refractivity contribution is 5.53. The summed E-state index contributed by atoms with van der Waals surface area (Å²) in [6, 6.07) is 1.91. The minimum absolute atomic E-state index is 0.00273. The van der Waals surface area contributed by atoms with Crippen molar-refractivity contribution in [1.29, 1.82) is 5.26 Å². The van der Waals surface area contributed by atoms with E-state index in [2.05, 4.69) is 0 Å². The minimum Gasteiger partial charge on any atom is -0.396 e. The van der Waals surface area contributed by atoms with Crippen molar-refractivity contribution in [2.24, 2.45) is 20.0 Å². The molecule has 0 radical (unpaired) electrons. The summed E-state index contributed by atoms with van der Waals surface area (Å²) in [6.45, 7) is 1.40. The third-order valence-corrected chi connectivity index (χ3v) is 3.92. The number of nitrogens with zero attached hydrogens (tertiary/aromatic N) is 4. The molecule has 0 aromatic carbocycles. The average molecular weight is 278 g/mol. The average Bonchev–Trinajstić information content (AvgIpc) is 2.48.